The molecular formula is C26H27BrN2O5S. The summed E-state index contributed by atoms with van der Waals surface area (Å²) in [5.74, 6) is 0.322. The van der Waals surface area contributed by atoms with Gasteiger partial charge >= 0.3 is 0 Å². The fraction of sp³-hybridized carbons (Fsp3) is 0.269. The molecular weight excluding hydrogens is 532 g/mol. The Bertz CT molecular complexity index is 1300. The molecule has 3 aromatic rings. The first-order valence-corrected chi connectivity index (χ1v) is 13.5. The normalized spacial score (nSPS) is 15.6. The van der Waals surface area contributed by atoms with Crippen LogP contribution in [0, 0.1) is 13.8 Å². The van der Waals surface area contributed by atoms with Crippen molar-refractivity contribution in [1.82, 2.24) is 0 Å². The highest BCUT2D eigenvalue weighted by Gasteiger charge is 2.18. The summed E-state index contributed by atoms with van der Waals surface area (Å²) in [6.07, 6.45) is 2.14. The third kappa shape index (κ3) is 6.62. The number of halogens is 1. The lowest BCUT2D eigenvalue weighted by molar-refractivity contribution is 0.0677. The van der Waals surface area contributed by atoms with Gasteiger partial charge in [0.25, 0.3) is 15.9 Å². The van der Waals surface area contributed by atoms with Crippen LogP contribution in [0.4, 0.5) is 11.4 Å². The molecule has 0 saturated carbocycles. The van der Waals surface area contributed by atoms with Crippen LogP contribution in [0.2, 0.25) is 0 Å². The number of rotatable bonds is 8. The average molecular weight is 559 g/mol. The molecule has 0 spiro atoms. The van der Waals surface area contributed by atoms with Crippen molar-refractivity contribution < 1.29 is 22.7 Å². The molecule has 0 aliphatic carbocycles. The van der Waals surface area contributed by atoms with E-state index in [-0.39, 0.29) is 16.9 Å². The quantitative estimate of drug-likeness (QED) is 0.371. The van der Waals surface area contributed by atoms with Gasteiger partial charge in [-0.05, 0) is 108 Å². The molecule has 1 atom stereocenters. The Balaban J connectivity index is 1.38. The molecule has 3 aromatic carbocycles. The lowest BCUT2D eigenvalue weighted by Gasteiger charge is -2.13. The smallest absolute Gasteiger partial charge is 0.261 e. The highest BCUT2D eigenvalue weighted by atomic mass is 79.9. The summed E-state index contributed by atoms with van der Waals surface area (Å²) in [7, 11) is -3.76. The number of amides is 1. The number of carbonyl (C=O) groups is 1. The van der Waals surface area contributed by atoms with Crippen LogP contribution in [0.25, 0.3) is 0 Å². The monoisotopic (exact) mass is 558 g/mol. The fourth-order valence-electron chi connectivity index (χ4n) is 3.89. The highest BCUT2D eigenvalue weighted by Crippen LogP contribution is 2.28. The number of hydrogen-bond donors (Lipinski definition) is 2. The van der Waals surface area contributed by atoms with E-state index in [1.165, 1.54) is 12.1 Å². The molecule has 1 saturated heterocycles. The summed E-state index contributed by atoms with van der Waals surface area (Å²) in [5.41, 5.74) is 3.36. The first-order chi connectivity index (χ1) is 16.7. The van der Waals surface area contributed by atoms with Crippen LogP contribution in [0.1, 0.15) is 34.3 Å². The molecule has 1 aliphatic heterocycles. The molecule has 35 heavy (non-hydrogen) atoms. The maximum Gasteiger partial charge on any atom is 0.261 e. The second-order valence-electron chi connectivity index (χ2n) is 8.55. The molecule has 4 rings (SSSR count). The minimum absolute atomic E-state index is 0.102. The van der Waals surface area contributed by atoms with Crippen LogP contribution in [-0.2, 0) is 14.8 Å². The fourth-order valence-corrected chi connectivity index (χ4v) is 5.42. The number of aryl methyl sites for hydroxylation is 2. The zero-order chi connectivity index (χ0) is 25.0. The highest BCUT2D eigenvalue weighted by molar-refractivity contribution is 9.10. The van der Waals surface area contributed by atoms with Crippen molar-refractivity contribution in [2.75, 3.05) is 23.3 Å². The lowest BCUT2D eigenvalue weighted by atomic mass is 10.1. The van der Waals surface area contributed by atoms with Gasteiger partial charge in [-0.3, -0.25) is 9.52 Å². The van der Waals surface area contributed by atoms with E-state index in [2.05, 4.69) is 26.0 Å². The first-order valence-electron chi connectivity index (χ1n) is 11.3. The van der Waals surface area contributed by atoms with Gasteiger partial charge in [0, 0.05) is 23.5 Å². The molecule has 0 aromatic heterocycles. The van der Waals surface area contributed by atoms with Crippen molar-refractivity contribution in [2.24, 2.45) is 0 Å². The molecule has 9 heteroatoms. The van der Waals surface area contributed by atoms with Crippen molar-refractivity contribution in [2.45, 2.75) is 37.7 Å². The van der Waals surface area contributed by atoms with Crippen LogP contribution in [0.5, 0.6) is 5.75 Å². The Labute approximate surface area is 214 Å². The van der Waals surface area contributed by atoms with E-state index in [9.17, 15) is 13.2 Å². The van der Waals surface area contributed by atoms with Crippen LogP contribution in [0.3, 0.4) is 0 Å². The number of hydrogen-bond acceptors (Lipinski definition) is 5. The molecule has 1 unspecified atom stereocenters. The van der Waals surface area contributed by atoms with E-state index < -0.39 is 10.0 Å². The van der Waals surface area contributed by atoms with Crippen molar-refractivity contribution in [3.8, 4) is 5.75 Å². The molecule has 2 N–H and O–H groups in total. The first kappa shape index (κ1) is 25.2. The van der Waals surface area contributed by atoms with Gasteiger partial charge in [0.15, 0.2) is 0 Å². The van der Waals surface area contributed by atoms with Gasteiger partial charge in [-0.2, -0.15) is 0 Å². The van der Waals surface area contributed by atoms with Crippen LogP contribution in [0.15, 0.2) is 70.0 Å². The minimum Gasteiger partial charge on any atom is -0.490 e. The summed E-state index contributed by atoms with van der Waals surface area (Å²) < 4.78 is 40.2. The van der Waals surface area contributed by atoms with E-state index in [4.69, 9.17) is 9.47 Å². The van der Waals surface area contributed by atoms with E-state index >= 15 is 0 Å². The van der Waals surface area contributed by atoms with Crippen LogP contribution in [-0.4, -0.2) is 33.6 Å². The zero-order valence-corrected chi connectivity index (χ0v) is 21.9. The van der Waals surface area contributed by atoms with E-state index in [1.54, 1.807) is 42.5 Å². The maximum absolute atomic E-state index is 12.8. The average Bonchev–Trinajstić information content (AvgIpc) is 3.31. The summed E-state index contributed by atoms with van der Waals surface area (Å²) in [6, 6.07) is 16.7. The Morgan fingerprint density at radius 3 is 2.37 bits per heavy atom. The lowest BCUT2D eigenvalue weighted by Crippen LogP contribution is -2.17. The molecule has 0 radical (unpaired) electrons. The molecule has 184 valence electrons. The molecule has 0 bridgehead atoms. The van der Waals surface area contributed by atoms with E-state index in [0.29, 0.717) is 33.8 Å². The number of anilines is 2. The molecule has 1 amide bonds. The SMILES string of the molecule is Cc1cc(C)cc(NS(=O)(=O)c2ccc(NC(=O)c3ccc(OCC4CCCO4)c(Br)c3)cc2)c1. The summed E-state index contributed by atoms with van der Waals surface area (Å²) in [6.45, 7) is 5.06. The molecule has 7 nitrogen and oxygen atoms in total. The van der Waals surface area contributed by atoms with Crippen molar-refractivity contribution in [3.05, 3.63) is 81.8 Å². The van der Waals surface area contributed by atoms with Gasteiger partial charge in [0.1, 0.15) is 12.4 Å². The predicted molar refractivity (Wildman–Crippen MR) is 140 cm³/mol. The number of benzene rings is 3. The Morgan fingerprint density at radius 2 is 1.74 bits per heavy atom. The van der Waals surface area contributed by atoms with Crippen LogP contribution >= 0.6 is 15.9 Å². The van der Waals surface area contributed by atoms with E-state index in [1.807, 2.05) is 19.9 Å². The largest absolute Gasteiger partial charge is 0.490 e. The third-order valence-electron chi connectivity index (χ3n) is 5.54. The van der Waals surface area contributed by atoms with Gasteiger partial charge < -0.3 is 14.8 Å². The Hall–Kier alpha value is -2.88. The van der Waals surface area contributed by atoms with Gasteiger partial charge in [-0.1, -0.05) is 6.07 Å². The second kappa shape index (κ2) is 10.8. The van der Waals surface area contributed by atoms with E-state index in [0.717, 1.165) is 30.6 Å². The van der Waals surface area contributed by atoms with Crippen molar-refractivity contribution in [1.29, 1.82) is 0 Å². The molecule has 1 aliphatic rings. The number of ether oxygens (including phenoxy) is 2. The van der Waals surface area contributed by atoms with Gasteiger partial charge in [-0.15, -0.1) is 0 Å². The zero-order valence-electron chi connectivity index (χ0n) is 19.5. The number of sulfonamides is 1. The topological polar surface area (TPSA) is 93.7 Å². The minimum atomic E-state index is -3.76. The van der Waals surface area contributed by atoms with Gasteiger partial charge in [0.05, 0.1) is 15.5 Å². The Morgan fingerprint density at radius 1 is 1.03 bits per heavy atom. The standard InChI is InChI=1S/C26H27BrN2O5S/c1-17-12-18(2)14-21(13-17)29-35(31,32)23-8-6-20(7-9-23)28-26(30)19-5-10-25(24(27)15-19)34-16-22-4-3-11-33-22/h5-10,12-15,22,29H,3-4,11,16H2,1-2H3,(H,28,30). The molecule has 1 heterocycles. The summed E-state index contributed by atoms with van der Waals surface area (Å²) >= 11 is 3.46. The van der Waals surface area contributed by atoms with Crippen molar-refractivity contribution in [3.63, 3.8) is 0 Å². The maximum atomic E-state index is 12.8. The van der Waals surface area contributed by atoms with Crippen molar-refractivity contribution >= 4 is 43.2 Å². The van der Waals surface area contributed by atoms with Gasteiger partial charge in [-0.25, -0.2) is 8.42 Å². The second-order valence-corrected chi connectivity index (χ2v) is 11.1. The Kier molecular flexibility index (Phi) is 7.78. The third-order valence-corrected chi connectivity index (χ3v) is 7.56. The van der Waals surface area contributed by atoms with Crippen LogP contribution < -0.4 is 14.8 Å². The summed E-state index contributed by atoms with van der Waals surface area (Å²) in [5, 5.41) is 2.79. The summed E-state index contributed by atoms with van der Waals surface area (Å²) in [4.78, 5) is 12.8. The molecule has 1 fully saturated rings. The predicted octanol–water partition coefficient (Wildman–Crippen LogP) is 5.68. The number of nitrogens with one attached hydrogen (secondary N) is 2. The van der Waals surface area contributed by atoms with Gasteiger partial charge in [0.2, 0.25) is 0 Å². The number of carbonyl (C=O) groups excluding carboxylic acids is 1.